The van der Waals surface area contributed by atoms with Crippen LogP contribution in [0.25, 0.3) is 0 Å². The van der Waals surface area contributed by atoms with Gasteiger partial charge in [-0.15, -0.1) is 0 Å². The van der Waals surface area contributed by atoms with Crippen LogP contribution in [0, 0.1) is 11.3 Å². The molecule has 2 rings (SSSR count). The van der Waals surface area contributed by atoms with Gasteiger partial charge in [-0.25, -0.2) is 0 Å². The van der Waals surface area contributed by atoms with Crippen LogP contribution in [0.3, 0.4) is 0 Å². The highest BCUT2D eigenvalue weighted by atomic mass is 35.5. The SMILES string of the molecule is CC(C)C1(C)CC(=O)N(Cc2c(Cl)cccc2Cl)C1=O. The summed E-state index contributed by atoms with van der Waals surface area (Å²) in [6, 6.07) is 5.14. The summed E-state index contributed by atoms with van der Waals surface area (Å²) in [4.78, 5) is 25.9. The Kier molecular flexibility index (Phi) is 4.12. The third kappa shape index (κ3) is 2.45. The lowest BCUT2D eigenvalue weighted by atomic mass is 9.78. The number of rotatable bonds is 3. The molecular formula is C15H17Cl2NO2. The summed E-state index contributed by atoms with van der Waals surface area (Å²) in [6.07, 6.45) is 0.242. The maximum Gasteiger partial charge on any atom is 0.236 e. The normalized spacial score (nSPS) is 23.0. The number of likely N-dealkylation sites (tertiary alicyclic amines) is 1. The molecule has 0 bridgehead atoms. The van der Waals surface area contributed by atoms with Crippen LogP contribution < -0.4 is 0 Å². The Morgan fingerprint density at radius 3 is 2.25 bits per heavy atom. The molecule has 5 heteroatoms. The Morgan fingerprint density at radius 1 is 1.25 bits per heavy atom. The molecule has 1 aliphatic heterocycles. The Hall–Kier alpha value is -1.06. The number of carbonyl (C=O) groups excluding carboxylic acids is 2. The fraction of sp³-hybridized carbons (Fsp3) is 0.467. The number of hydrogen-bond acceptors (Lipinski definition) is 2. The van der Waals surface area contributed by atoms with Crippen LogP contribution in [0.5, 0.6) is 0 Å². The van der Waals surface area contributed by atoms with Crippen molar-refractivity contribution in [3.63, 3.8) is 0 Å². The summed E-state index contributed by atoms with van der Waals surface area (Å²) in [7, 11) is 0. The van der Waals surface area contributed by atoms with Gasteiger partial charge in [0.25, 0.3) is 0 Å². The third-order valence-electron chi connectivity index (χ3n) is 4.21. The monoisotopic (exact) mass is 313 g/mol. The molecular weight excluding hydrogens is 297 g/mol. The molecule has 1 unspecified atom stereocenters. The molecule has 0 saturated carbocycles. The summed E-state index contributed by atoms with van der Waals surface area (Å²) < 4.78 is 0. The van der Waals surface area contributed by atoms with E-state index in [1.165, 1.54) is 4.90 Å². The molecule has 0 N–H and O–H groups in total. The van der Waals surface area contributed by atoms with Gasteiger partial charge in [-0.2, -0.15) is 0 Å². The first-order chi connectivity index (χ1) is 9.27. The standard InChI is InChI=1S/C15H17Cl2NO2/c1-9(2)15(3)7-13(19)18(14(15)20)8-10-11(16)5-4-6-12(10)17/h4-6,9H,7-8H2,1-3H3. The number of carbonyl (C=O) groups is 2. The van der Waals surface area contributed by atoms with Gasteiger partial charge >= 0.3 is 0 Å². The van der Waals surface area contributed by atoms with Gasteiger partial charge < -0.3 is 0 Å². The van der Waals surface area contributed by atoms with Crippen molar-refractivity contribution in [2.45, 2.75) is 33.7 Å². The smallest absolute Gasteiger partial charge is 0.236 e. The van der Waals surface area contributed by atoms with Gasteiger partial charge in [0.2, 0.25) is 11.8 Å². The molecule has 3 nitrogen and oxygen atoms in total. The number of halogens is 2. The Bertz CT molecular complexity index is 551. The second-order valence-electron chi connectivity index (χ2n) is 5.73. The van der Waals surface area contributed by atoms with Crippen LogP contribution in [0.15, 0.2) is 18.2 Å². The van der Waals surface area contributed by atoms with Crippen molar-refractivity contribution in [2.75, 3.05) is 0 Å². The zero-order valence-corrected chi connectivity index (χ0v) is 13.3. The van der Waals surface area contributed by atoms with E-state index in [-0.39, 0.29) is 30.7 Å². The van der Waals surface area contributed by atoms with E-state index < -0.39 is 5.41 Å². The first kappa shape index (κ1) is 15.3. The van der Waals surface area contributed by atoms with Crippen molar-refractivity contribution in [3.8, 4) is 0 Å². The topological polar surface area (TPSA) is 37.4 Å². The van der Waals surface area contributed by atoms with E-state index in [0.29, 0.717) is 15.6 Å². The minimum atomic E-state index is -0.634. The first-order valence-corrected chi connectivity index (χ1v) is 7.30. The summed E-state index contributed by atoms with van der Waals surface area (Å²) in [5.41, 5.74) is -0.0179. The highest BCUT2D eigenvalue weighted by Gasteiger charge is 2.49. The minimum absolute atomic E-state index is 0.102. The van der Waals surface area contributed by atoms with Gasteiger partial charge in [-0.3, -0.25) is 14.5 Å². The zero-order chi connectivity index (χ0) is 15.1. The molecule has 1 atom stereocenters. The second-order valence-corrected chi connectivity index (χ2v) is 6.55. The van der Waals surface area contributed by atoms with Gasteiger partial charge in [0.05, 0.1) is 12.0 Å². The number of imide groups is 1. The van der Waals surface area contributed by atoms with E-state index in [9.17, 15) is 9.59 Å². The molecule has 1 aromatic carbocycles. The third-order valence-corrected chi connectivity index (χ3v) is 4.91. The molecule has 0 aromatic heterocycles. The van der Waals surface area contributed by atoms with Crippen molar-refractivity contribution in [1.29, 1.82) is 0 Å². The van der Waals surface area contributed by atoms with Crippen molar-refractivity contribution < 1.29 is 9.59 Å². The molecule has 20 heavy (non-hydrogen) atoms. The van der Waals surface area contributed by atoms with E-state index in [4.69, 9.17) is 23.2 Å². The van der Waals surface area contributed by atoms with Crippen LogP contribution in [-0.4, -0.2) is 16.7 Å². The Morgan fingerprint density at radius 2 is 1.80 bits per heavy atom. The van der Waals surface area contributed by atoms with Crippen molar-refractivity contribution in [2.24, 2.45) is 11.3 Å². The van der Waals surface area contributed by atoms with Crippen molar-refractivity contribution in [3.05, 3.63) is 33.8 Å². The molecule has 108 valence electrons. The van der Waals surface area contributed by atoms with Crippen LogP contribution in [0.4, 0.5) is 0 Å². The van der Waals surface area contributed by atoms with Crippen molar-refractivity contribution in [1.82, 2.24) is 4.90 Å². The summed E-state index contributed by atoms with van der Waals surface area (Å²) in [5, 5.41) is 0.938. The molecule has 1 heterocycles. The van der Waals surface area contributed by atoms with Crippen LogP contribution in [0.1, 0.15) is 32.8 Å². The van der Waals surface area contributed by atoms with E-state index >= 15 is 0 Å². The minimum Gasteiger partial charge on any atom is -0.278 e. The molecule has 0 spiro atoms. The highest BCUT2D eigenvalue weighted by molar-refractivity contribution is 6.36. The van der Waals surface area contributed by atoms with Crippen molar-refractivity contribution >= 4 is 35.0 Å². The molecule has 0 aliphatic carbocycles. The van der Waals surface area contributed by atoms with Gasteiger partial charge in [-0.1, -0.05) is 43.1 Å². The maximum absolute atomic E-state index is 12.5. The fourth-order valence-corrected chi connectivity index (χ4v) is 2.88. The zero-order valence-electron chi connectivity index (χ0n) is 11.7. The Balaban J connectivity index is 2.31. The number of hydrogen-bond donors (Lipinski definition) is 0. The lowest BCUT2D eigenvalue weighted by Gasteiger charge is -2.26. The largest absolute Gasteiger partial charge is 0.278 e. The van der Waals surface area contributed by atoms with E-state index in [1.807, 2.05) is 20.8 Å². The summed E-state index contributed by atoms with van der Waals surface area (Å²) in [5.74, 6) is -0.207. The molecule has 0 radical (unpaired) electrons. The summed E-state index contributed by atoms with van der Waals surface area (Å²) in [6.45, 7) is 5.89. The van der Waals surface area contributed by atoms with Gasteiger partial charge in [0, 0.05) is 22.0 Å². The van der Waals surface area contributed by atoms with Gasteiger partial charge in [0.15, 0.2) is 0 Å². The van der Waals surface area contributed by atoms with E-state index in [0.717, 1.165) is 0 Å². The lowest BCUT2D eigenvalue weighted by molar-refractivity contribution is -0.142. The number of amides is 2. The van der Waals surface area contributed by atoms with E-state index in [1.54, 1.807) is 18.2 Å². The fourth-order valence-electron chi connectivity index (χ4n) is 2.36. The molecule has 1 aliphatic rings. The van der Waals surface area contributed by atoms with Gasteiger partial charge in [-0.05, 0) is 25.0 Å². The first-order valence-electron chi connectivity index (χ1n) is 6.55. The lowest BCUT2D eigenvalue weighted by Crippen LogP contribution is -2.36. The second kappa shape index (κ2) is 5.38. The summed E-state index contributed by atoms with van der Waals surface area (Å²) >= 11 is 12.2. The number of benzene rings is 1. The average molecular weight is 314 g/mol. The van der Waals surface area contributed by atoms with Gasteiger partial charge in [0.1, 0.15) is 0 Å². The predicted molar refractivity (Wildman–Crippen MR) is 79.6 cm³/mol. The van der Waals surface area contributed by atoms with Crippen LogP contribution >= 0.6 is 23.2 Å². The average Bonchev–Trinajstić information content (AvgIpc) is 2.58. The molecule has 1 fully saturated rings. The van der Waals surface area contributed by atoms with E-state index in [2.05, 4.69) is 0 Å². The Labute approximate surface area is 128 Å². The number of nitrogens with zero attached hydrogens (tertiary/aromatic N) is 1. The quantitative estimate of drug-likeness (QED) is 0.793. The van der Waals surface area contributed by atoms with Crippen LogP contribution in [0.2, 0.25) is 10.0 Å². The van der Waals surface area contributed by atoms with Crippen LogP contribution in [-0.2, 0) is 16.1 Å². The highest BCUT2D eigenvalue weighted by Crippen LogP contribution is 2.40. The molecule has 2 amide bonds. The molecule has 1 saturated heterocycles. The predicted octanol–water partition coefficient (Wildman–Crippen LogP) is 3.91. The molecule has 1 aromatic rings. The maximum atomic E-state index is 12.5.